The SMILES string of the molecule is CN(CC(=O)Nc1ccccc1Cl)C(=O)COC(=O)C1=NNC(=O)CC1. The number of ether oxygens (including phenoxy) is 1. The summed E-state index contributed by atoms with van der Waals surface area (Å²) in [6.45, 7) is -0.777. The Balaban J connectivity index is 1.78. The van der Waals surface area contributed by atoms with Crippen LogP contribution >= 0.6 is 11.6 Å². The van der Waals surface area contributed by atoms with Gasteiger partial charge in [0, 0.05) is 19.9 Å². The maximum Gasteiger partial charge on any atom is 0.355 e. The largest absolute Gasteiger partial charge is 0.451 e. The zero-order chi connectivity index (χ0) is 19.1. The third-order valence-corrected chi connectivity index (χ3v) is 3.75. The van der Waals surface area contributed by atoms with Gasteiger partial charge in [0.1, 0.15) is 5.71 Å². The van der Waals surface area contributed by atoms with E-state index in [4.69, 9.17) is 16.3 Å². The number of para-hydroxylation sites is 1. The van der Waals surface area contributed by atoms with E-state index < -0.39 is 24.4 Å². The van der Waals surface area contributed by atoms with Crippen LogP contribution < -0.4 is 10.7 Å². The molecule has 2 rings (SSSR count). The number of nitrogens with one attached hydrogen (secondary N) is 2. The lowest BCUT2D eigenvalue weighted by Gasteiger charge is -2.17. The normalized spacial score (nSPS) is 13.3. The number of amides is 3. The Morgan fingerprint density at radius 1 is 1.31 bits per heavy atom. The molecule has 0 aromatic heterocycles. The molecule has 1 aromatic carbocycles. The van der Waals surface area contributed by atoms with Crippen molar-refractivity contribution >= 4 is 46.7 Å². The van der Waals surface area contributed by atoms with Crippen molar-refractivity contribution in [2.45, 2.75) is 12.8 Å². The monoisotopic (exact) mass is 380 g/mol. The third kappa shape index (κ3) is 5.55. The van der Waals surface area contributed by atoms with E-state index >= 15 is 0 Å². The molecule has 0 saturated heterocycles. The molecule has 1 aliphatic rings. The topological polar surface area (TPSA) is 117 Å². The van der Waals surface area contributed by atoms with Gasteiger partial charge in [0.15, 0.2) is 6.61 Å². The van der Waals surface area contributed by atoms with Crippen molar-refractivity contribution in [1.82, 2.24) is 10.3 Å². The van der Waals surface area contributed by atoms with Gasteiger partial charge in [0.05, 0.1) is 17.3 Å². The molecule has 0 unspecified atom stereocenters. The number of halogens is 1. The first-order valence-electron chi connectivity index (χ1n) is 7.67. The van der Waals surface area contributed by atoms with Crippen LogP contribution in [-0.2, 0) is 23.9 Å². The van der Waals surface area contributed by atoms with E-state index in [2.05, 4.69) is 15.8 Å². The number of esters is 1. The van der Waals surface area contributed by atoms with Gasteiger partial charge in [-0.3, -0.25) is 14.4 Å². The van der Waals surface area contributed by atoms with Gasteiger partial charge in [-0.1, -0.05) is 23.7 Å². The summed E-state index contributed by atoms with van der Waals surface area (Å²) in [5.41, 5.74) is 2.64. The summed E-state index contributed by atoms with van der Waals surface area (Å²) in [5.74, 6) is -2.08. The molecule has 26 heavy (non-hydrogen) atoms. The summed E-state index contributed by atoms with van der Waals surface area (Å²) in [6.07, 6.45) is 0.277. The predicted molar refractivity (Wildman–Crippen MR) is 93.5 cm³/mol. The summed E-state index contributed by atoms with van der Waals surface area (Å²) in [6, 6.07) is 6.70. The number of likely N-dealkylation sites (N-methyl/N-ethyl adjacent to an activating group) is 1. The Kier molecular flexibility index (Phi) is 6.67. The van der Waals surface area contributed by atoms with Gasteiger partial charge in [-0.2, -0.15) is 5.10 Å². The van der Waals surface area contributed by atoms with Gasteiger partial charge in [0.2, 0.25) is 11.8 Å². The Morgan fingerprint density at radius 3 is 2.69 bits per heavy atom. The molecule has 0 fully saturated rings. The lowest BCUT2D eigenvalue weighted by molar-refractivity contribution is -0.146. The van der Waals surface area contributed by atoms with Crippen molar-refractivity contribution in [2.75, 3.05) is 25.5 Å². The lowest BCUT2D eigenvalue weighted by atomic mass is 10.2. The van der Waals surface area contributed by atoms with E-state index in [0.717, 1.165) is 4.90 Å². The van der Waals surface area contributed by atoms with Crippen LogP contribution in [0.4, 0.5) is 5.69 Å². The second kappa shape index (κ2) is 8.95. The summed E-state index contributed by atoms with van der Waals surface area (Å²) in [7, 11) is 1.40. The molecular weight excluding hydrogens is 364 g/mol. The van der Waals surface area contributed by atoms with Crippen molar-refractivity contribution in [2.24, 2.45) is 5.10 Å². The molecule has 0 atom stereocenters. The molecule has 0 bridgehead atoms. The number of anilines is 1. The van der Waals surface area contributed by atoms with E-state index in [-0.39, 0.29) is 31.0 Å². The quantitative estimate of drug-likeness (QED) is 0.699. The third-order valence-electron chi connectivity index (χ3n) is 3.42. The van der Waals surface area contributed by atoms with Crippen molar-refractivity contribution in [3.05, 3.63) is 29.3 Å². The minimum atomic E-state index is -0.785. The fraction of sp³-hybridized carbons (Fsp3) is 0.312. The molecule has 2 N–H and O–H groups in total. The zero-order valence-electron chi connectivity index (χ0n) is 14.0. The van der Waals surface area contributed by atoms with Crippen LogP contribution in [0.5, 0.6) is 0 Å². The predicted octanol–water partition coefficient (Wildman–Crippen LogP) is 0.546. The highest BCUT2D eigenvalue weighted by molar-refractivity contribution is 6.37. The summed E-state index contributed by atoms with van der Waals surface area (Å²) in [4.78, 5) is 47.8. The molecule has 3 amide bonds. The van der Waals surface area contributed by atoms with Crippen LogP contribution in [0.3, 0.4) is 0 Å². The number of carbonyl (C=O) groups is 4. The number of hydrazone groups is 1. The van der Waals surface area contributed by atoms with Crippen LogP contribution in [0.1, 0.15) is 12.8 Å². The average Bonchev–Trinajstić information content (AvgIpc) is 2.61. The molecule has 1 heterocycles. The van der Waals surface area contributed by atoms with E-state index in [1.807, 2.05) is 0 Å². The van der Waals surface area contributed by atoms with E-state index in [1.165, 1.54) is 7.05 Å². The standard InChI is InChI=1S/C16H17ClN4O5/c1-21(8-14(23)18-11-5-3-2-4-10(11)17)15(24)9-26-16(25)12-6-7-13(22)20-19-12/h2-5H,6-9H2,1H3,(H,18,23)(H,20,22). The molecule has 138 valence electrons. The van der Waals surface area contributed by atoms with Gasteiger partial charge in [-0.15, -0.1) is 0 Å². The number of rotatable bonds is 6. The first kappa shape index (κ1) is 19.4. The van der Waals surface area contributed by atoms with Crippen LogP contribution in [0, 0.1) is 0 Å². The maximum atomic E-state index is 12.0. The Hall–Kier alpha value is -2.94. The highest BCUT2D eigenvalue weighted by atomic mass is 35.5. The number of carbonyl (C=O) groups excluding carboxylic acids is 4. The zero-order valence-corrected chi connectivity index (χ0v) is 14.7. The number of benzene rings is 1. The Morgan fingerprint density at radius 2 is 2.04 bits per heavy atom. The van der Waals surface area contributed by atoms with E-state index in [0.29, 0.717) is 10.7 Å². The maximum absolute atomic E-state index is 12.0. The van der Waals surface area contributed by atoms with E-state index in [1.54, 1.807) is 24.3 Å². The van der Waals surface area contributed by atoms with Crippen molar-refractivity contribution in [3.8, 4) is 0 Å². The second-order valence-corrected chi connectivity index (χ2v) is 5.85. The molecule has 0 spiro atoms. The molecule has 1 aromatic rings. The Labute approximate surface area is 154 Å². The smallest absolute Gasteiger partial charge is 0.355 e. The minimum Gasteiger partial charge on any atom is -0.451 e. The first-order valence-corrected chi connectivity index (χ1v) is 8.05. The summed E-state index contributed by atoms with van der Waals surface area (Å²) < 4.78 is 4.85. The van der Waals surface area contributed by atoms with Crippen LogP contribution in [0.2, 0.25) is 5.02 Å². The van der Waals surface area contributed by atoms with Crippen LogP contribution in [0.15, 0.2) is 29.4 Å². The van der Waals surface area contributed by atoms with Crippen molar-refractivity contribution in [3.63, 3.8) is 0 Å². The van der Waals surface area contributed by atoms with Gasteiger partial charge in [-0.05, 0) is 12.1 Å². The summed E-state index contributed by atoms with van der Waals surface area (Å²) >= 11 is 5.94. The molecule has 10 heteroatoms. The molecule has 0 aliphatic carbocycles. The fourth-order valence-electron chi connectivity index (χ4n) is 2.00. The van der Waals surface area contributed by atoms with Crippen molar-refractivity contribution in [1.29, 1.82) is 0 Å². The average molecular weight is 381 g/mol. The van der Waals surface area contributed by atoms with E-state index in [9.17, 15) is 19.2 Å². The second-order valence-electron chi connectivity index (χ2n) is 5.45. The lowest BCUT2D eigenvalue weighted by Crippen LogP contribution is -2.38. The molecule has 0 radical (unpaired) electrons. The highest BCUT2D eigenvalue weighted by Gasteiger charge is 2.21. The number of nitrogens with zero attached hydrogens (tertiary/aromatic N) is 2. The van der Waals surface area contributed by atoms with Gasteiger partial charge < -0.3 is 15.0 Å². The minimum absolute atomic E-state index is 0.0384. The number of hydrogen-bond donors (Lipinski definition) is 2. The van der Waals surface area contributed by atoms with Gasteiger partial charge in [0.25, 0.3) is 5.91 Å². The Bertz CT molecular complexity index is 765. The molecule has 1 aliphatic heterocycles. The van der Waals surface area contributed by atoms with Crippen LogP contribution in [0.25, 0.3) is 0 Å². The van der Waals surface area contributed by atoms with Gasteiger partial charge in [-0.25, -0.2) is 10.2 Å². The fourth-order valence-corrected chi connectivity index (χ4v) is 2.18. The van der Waals surface area contributed by atoms with Crippen molar-refractivity contribution < 1.29 is 23.9 Å². The highest BCUT2D eigenvalue weighted by Crippen LogP contribution is 2.20. The molecule has 9 nitrogen and oxygen atoms in total. The molecular formula is C16H17ClN4O5. The number of hydrogen-bond acceptors (Lipinski definition) is 6. The van der Waals surface area contributed by atoms with Gasteiger partial charge >= 0.3 is 5.97 Å². The summed E-state index contributed by atoms with van der Waals surface area (Å²) in [5, 5.41) is 6.54. The van der Waals surface area contributed by atoms with Crippen LogP contribution in [-0.4, -0.2) is 54.5 Å². The first-order chi connectivity index (χ1) is 12.4. The molecule has 0 saturated carbocycles.